The van der Waals surface area contributed by atoms with E-state index >= 15 is 0 Å². The van der Waals surface area contributed by atoms with Crippen molar-refractivity contribution in [1.29, 1.82) is 0 Å². The zero-order valence-electron chi connectivity index (χ0n) is 11.1. The molecular weight excluding hydrogens is 323 g/mol. The molecule has 0 aliphatic rings. The topological polar surface area (TPSA) is 102 Å². The lowest BCUT2D eigenvalue weighted by Crippen LogP contribution is -2.06. The fraction of sp³-hybridized carbons (Fsp3) is 0.0769. The van der Waals surface area contributed by atoms with Gasteiger partial charge < -0.3 is 21.4 Å². The van der Waals surface area contributed by atoms with E-state index in [1.807, 2.05) is 6.79 Å². The van der Waals surface area contributed by atoms with E-state index in [1.165, 1.54) is 18.3 Å². The normalized spacial score (nSPS) is 9.82. The maximum atomic E-state index is 12.1. The van der Waals surface area contributed by atoms with E-state index in [1.54, 1.807) is 6.07 Å². The van der Waals surface area contributed by atoms with Crippen molar-refractivity contribution in [3.63, 3.8) is 0 Å². The first-order chi connectivity index (χ1) is 10.2. The number of hydrogen-bond acceptors (Lipinski definition) is 5. The highest BCUT2D eigenvalue weighted by atomic mass is 35.5. The molecule has 0 saturated heterocycles. The minimum atomic E-state index is -4.44. The van der Waals surface area contributed by atoms with Crippen LogP contribution in [0.3, 0.4) is 0 Å². The molecule has 1 aromatic carbocycles. The number of nitrogens with two attached hydrogens (primary N) is 2. The summed E-state index contributed by atoms with van der Waals surface area (Å²) < 4.78 is 36.3. The predicted molar refractivity (Wildman–Crippen MR) is 78.3 cm³/mol. The van der Waals surface area contributed by atoms with Gasteiger partial charge in [0.15, 0.2) is 11.6 Å². The Kier molecular flexibility index (Phi) is 7.74. The Balaban J connectivity index is 0.000000382. The number of nitrogen functional groups attached to an aromatic ring is 2. The Hall–Kier alpha value is -2.48. The molecule has 0 amide bonds. The van der Waals surface area contributed by atoms with Crippen molar-refractivity contribution in [2.75, 3.05) is 11.5 Å². The maximum absolute atomic E-state index is 12.1. The van der Waals surface area contributed by atoms with Crippen LogP contribution in [0.2, 0.25) is 5.02 Å². The lowest BCUT2D eigenvalue weighted by molar-refractivity contribution is -0.137. The van der Waals surface area contributed by atoms with Crippen molar-refractivity contribution in [1.82, 2.24) is 4.98 Å². The highest BCUT2D eigenvalue weighted by Crippen LogP contribution is 2.35. The van der Waals surface area contributed by atoms with E-state index in [-0.39, 0.29) is 22.3 Å². The highest BCUT2D eigenvalue weighted by molar-refractivity contribution is 6.31. The summed E-state index contributed by atoms with van der Waals surface area (Å²) in [6, 6.07) is 6.35. The van der Waals surface area contributed by atoms with Crippen molar-refractivity contribution < 1.29 is 23.1 Å². The lowest BCUT2D eigenvalue weighted by Gasteiger charge is -2.08. The fourth-order valence-corrected chi connectivity index (χ4v) is 1.39. The molecule has 0 fully saturated rings. The average Bonchev–Trinajstić information content (AvgIpc) is 2.46. The first-order valence-electron chi connectivity index (χ1n) is 5.52. The van der Waals surface area contributed by atoms with Crippen molar-refractivity contribution in [3.8, 4) is 5.75 Å². The Bertz CT molecular complexity index is 588. The standard InChI is InChI=1S/C7H5ClF3N.C5H6N2O.CH2O/c8-6-2-1-4(12)3-5(6)7(9,10)11;6-5-4(8)2-1-3-7-5;1-2/h1-3H,12H2;1-3,8H,(H2,6,7);1H2. The molecule has 120 valence electrons. The molecule has 5 N–H and O–H groups in total. The molecule has 0 bridgehead atoms. The SMILES string of the molecule is C=O.Nc1ccc(Cl)c(C(F)(F)F)c1.Nc1ncccc1O. The molecule has 1 aromatic heterocycles. The highest BCUT2D eigenvalue weighted by Gasteiger charge is 2.33. The van der Waals surface area contributed by atoms with Gasteiger partial charge in [-0.3, -0.25) is 0 Å². The average molecular weight is 336 g/mol. The van der Waals surface area contributed by atoms with E-state index in [0.29, 0.717) is 0 Å². The molecule has 1 heterocycles. The first-order valence-corrected chi connectivity index (χ1v) is 5.90. The second-order valence-electron chi connectivity index (χ2n) is 3.64. The maximum Gasteiger partial charge on any atom is 0.417 e. The van der Waals surface area contributed by atoms with Gasteiger partial charge in [-0.05, 0) is 30.3 Å². The van der Waals surface area contributed by atoms with Gasteiger partial charge in [0.1, 0.15) is 6.79 Å². The third kappa shape index (κ3) is 6.31. The summed E-state index contributed by atoms with van der Waals surface area (Å²) in [7, 11) is 0. The number of benzene rings is 1. The summed E-state index contributed by atoms with van der Waals surface area (Å²) in [6.45, 7) is 2.00. The van der Waals surface area contributed by atoms with Crippen LogP contribution in [0.4, 0.5) is 24.7 Å². The number of carbonyl (C=O) groups excluding carboxylic acids is 1. The molecule has 2 rings (SSSR count). The van der Waals surface area contributed by atoms with Crippen LogP contribution in [0.5, 0.6) is 5.75 Å². The molecule has 0 aliphatic carbocycles. The Morgan fingerprint density at radius 3 is 2.14 bits per heavy atom. The number of rotatable bonds is 0. The van der Waals surface area contributed by atoms with Gasteiger partial charge in [-0.15, -0.1) is 0 Å². The third-order valence-electron chi connectivity index (χ3n) is 2.11. The molecule has 5 nitrogen and oxygen atoms in total. The van der Waals surface area contributed by atoms with Crippen LogP contribution in [0.15, 0.2) is 36.5 Å². The van der Waals surface area contributed by atoms with E-state index in [0.717, 1.165) is 12.1 Å². The number of halogens is 4. The molecule has 9 heteroatoms. The minimum absolute atomic E-state index is 0.0347. The first kappa shape index (κ1) is 19.5. The molecule has 22 heavy (non-hydrogen) atoms. The van der Waals surface area contributed by atoms with Crippen LogP contribution in [0, 0.1) is 0 Å². The Morgan fingerprint density at radius 1 is 1.18 bits per heavy atom. The summed E-state index contributed by atoms with van der Waals surface area (Å²) >= 11 is 5.31. The molecule has 0 saturated carbocycles. The van der Waals surface area contributed by atoms with Crippen LogP contribution in [0.1, 0.15) is 5.56 Å². The molecule has 0 aliphatic heterocycles. The Morgan fingerprint density at radius 2 is 1.77 bits per heavy atom. The van der Waals surface area contributed by atoms with E-state index in [2.05, 4.69) is 4.98 Å². The van der Waals surface area contributed by atoms with Crippen molar-refractivity contribution in [2.24, 2.45) is 0 Å². The fourth-order valence-electron chi connectivity index (χ4n) is 1.17. The van der Waals surface area contributed by atoms with Gasteiger partial charge in [0.25, 0.3) is 0 Å². The molecule has 2 aromatic rings. The monoisotopic (exact) mass is 335 g/mol. The number of alkyl halides is 3. The summed E-state index contributed by atoms with van der Waals surface area (Å²) in [5, 5.41) is 8.40. The molecule has 0 unspecified atom stereocenters. The van der Waals surface area contributed by atoms with Crippen molar-refractivity contribution in [3.05, 3.63) is 47.1 Å². The number of nitrogens with zero attached hydrogens (tertiary/aromatic N) is 1. The van der Waals surface area contributed by atoms with Gasteiger partial charge in [-0.25, -0.2) is 4.98 Å². The molecule has 0 spiro atoms. The van der Waals surface area contributed by atoms with Gasteiger partial charge in [-0.1, -0.05) is 11.6 Å². The van der Waals surface area contributed by atoms with Gasteiger partial charge in [0.05, 0.1) is 10.6 Å². The predicted octanol–water partition coefficient (Wildman–Crippen LogP) is 3.13. The zero-order chi connectivity index (χ0) is 17.3. The van der Waals surface area contributed by atoms with Crippen molar-refractivity contribution >= 4 is 29.9 Å². The lowest BCUT2D eigenvalue weighted by atomic mass is 10.2. The van der Waals surface area contributed by atoms with E-state index in [4.69, 9.17) is 33.0 Å². The van der Waals surface area contributed by atoms with Gasteiger partial charge in [0, 0.05) is 11.9 Å². The number of pyridine rings is 1. The summed E-state index contributed by atoms with van der Waals surface area (Å²) in [6.07, 6.45) is -2.92. The van der Waals surface area contributed by atoms with Crippen LogP contribution in [-0.4, -0.2) is 16.9 Å². The summed E-state index contributed by atoms with van der Waals surface area (Å²) in [4.78, 5) is 11.6. The minimum Gasteiger partial charge on any atom is -0.504 e. The Labute approximate surface area is 129 Å². The quantitative estimate of drug-likeness (QED) is 0.642. The van der Waals surface area contributed by atoms with Gasteiger partial charge in [-0.2, -0.15) is 13.2 Å². The van der Waals surface area contributed by atoms with E-state index < -0.39 is 11.7 Å². The van der Waals surface area contributed by atoms with Gasteiger partial charge >= 0.3 is 6.18 Å². The van der Waals surface area contributed by atoms with Crippen LogP contribution in [-0.2, 0) is 11.0 Å². The van der Waals surface area contributed by atoms with Gasteiger partial charge in [0.2, 0.25) is 0 Å². The smallest absolute Gasteiger partial charge is 0.417 e. The second kappa shape index (κ2) is 8.73. The van der Waals surface area contributed by atoms with Crippen LogP contribution in [0.25, 0.3) is 0 Å². The zero-order valence-corrected chi connectivity index (χ0v) is 11.9. The molecule has 0 atom stereocenters. The number of aromatic hydroxyl groups is 1. The second-order valence-corrected chi connectivity index (χ2v) is 4.05. The summed E-state index contributed by atoms with van der Waals surface area (Å²) in [5.41, 5.74) is 9.47. The van der Waals surface area contributed by atoms with E-state index in [9.17, 15) is 13.2 Å². The van der Waals surface area contributed by atoms with Crippen molar-refractivity contribution in [2.45, 2.75) is 6.18 Å². The summed E-state index contributed by atoms with van der Waals surface area (Å²) in [5.74, 6) is 0.208. The van der Waals surface area contributed by atoms with Crippen LogP contribution < -0.4 is 11.5 Å². The third-order valence-corrected chi connectivity index (χ3v) is 2.44. The number of anilines is 2. The van der Waals surface area contributed by atoms with Crippen LogP contribution >= 0.6 is 11.6 Å². The number of aromatic nitrogens is 1. The number of carbonyl (C=O) groups is 1. The number of hydrogen-bond donors (Lipinski definition) is 3. The molecular formula is C13H13ClF3N3O2. The largest absolute Gasteiger partial charge is 0.504 e. The molecule has 0 radical (unpaired) electrons.